The second-order valence-electron chi connectivity index (χ2n) is 4.47. The van der Waals surface area contributed by atoms with Crippen LogP contribution >= 0.6 is 0 Å². The van der Waals surface area contributed by atoms with Crippen molar-refractivity contribution in [3.05, 3.63) is 34.9 Å². The minimum absolute atomic E-state index is 0.340. The van der Waals surface area contributed by atoms with Crippen molar-refractivity contribution < 1.29 is 5.11 Å². The molecular weight excluding hydrogens is 186 g/mol. The van der Waals surface area contributed by atoms with E-state index in [1.807, 2.05) is 21.0 Å². The lowest BCUT2D eigenvalue weighted by Crippen LogP contribution is -2.16. The summed E-state index contributed by atoms with van der Waals surface area (Å²) < 4.78 is 0. The highest BCUT2D eigenvalue weighted by molar-refractivity contribution is 5.32. The van der Waals surface area contributed by atoms with E-state index in [4.69, 9.17) is 0 Å². The Kier molecular flexibility index (Phi) is 4.30. The third kappa shape index (κ3) is 3.65. The third-order valence-electron chi connectivity index (χ3n) is 2.64. The minimum Gasteiger partial charge on any atom is -0.388 e. The van der Waals surface area contributed by atoms with E-state index in [1.165, 1.54) is 11.1 Å². The van der Waals surface area contributed by atoms with E-state index in [0.29, 0.717) is 0 Å². The van der Waals surface area contributed by atoms with Crippen molar-refractivity contribution in [2.45, 2.75) is 26.4 Å². The van der Waals surface area contributed by atoms with Gasteiger partial charge in [0.05, 0.1) is 6.10 Å². The van der Waals surface area contributed by atoms with Gasteiger partial charge in [0.1, 0.15) is 0 Å². The first-order valence-corrected chi connectivity index (χ1v) is 5.40. The maximum atomic E-state index is 10.0. The molecule has 1 aromatic carbocycles. The molecule has 0 aliphatic carbocycles. The van der Waals surface area contributed by atoms with E-state index < -0.39 is 0 Å². The first kappa shape index (κ1) is 12.2. The standard InChI is InChI=1S/C13H21NO/c1-10-5-6-11(2)12(9-10)13(15)7-8-14(3)4/h5-6,9,13,15H,7-8H2,1-4H3. The van der Waals surface area contributed by atoms with Crippen molar-refractivity contribution in [1.29, 1.82) is 0 Å². The molecule has 0 saturated heterocycles. The molecule has 2 heteroatoms. The molecule has 15 heavy (non-hydrogen) atoms. The Bertz CT molecular complexity index is 320. The number of aliphatic hydroxyl groups excluding tert-OH is 1. The lowest BCUT2D eigenvalue weighted by atomic mass is 9.99. The van der Waals surface area contributed by atoms with Crippen LogP contribution in [0, 0.1) is 13.8 Å². The maximum Gasteiger partial charge on any atom is 0.0804 e. The van der Waals surface area contributed by atoms with Gasteiger partial charge in [0.15, 0.2) is 0 Å². The average molecular weight is 207 g/mol. The first-order chi connectivity index (χ1) is 7.00. The summed E-state index contributed by atoms with van der Waals surface area (Å²) in [5, 5.41) is 10.0. The van der Waals surface area contributed by atoms with Crippen LogP contribution in [0.2, 0.25) is 0 Å². The minimum atomic E-state index is -0.340. The van der Waals surface area contributed by atoms with Crippen LogP contribution in [-0.2, 0) is 0 Å². The molecule has 0 spiro atoms. The van der Waals surface area contributed by atoms with Crippen molar-refractivity contribution in [1.82, 2.24) is 4.90 Å². The molecule has 0 saturated carbocycles. The van der Waals surface area contributed by atoms with Gasteiger partial charge in [-0.05, 0) is 45.5 Å². The van der Waals surface area contributed by atoms with Crippen LogP contribution in [-0.4, -0.2) is 30.6 Å². The fourth-order valence-electron chi connectivity index (χ4n) is 1.65. The zero-order chi connectivity index (χ0) is 11.4. The molecule has 0 heterocycles. The van der Waals surface area contributed by atoms with Gasteiger partial charge in [-0.1, -0.05) is 23.8 Å². The zero-order valence-corrected chi connectivity index (χ0v) is 10.1. The Labute approximate surface area is 92.5 Å². The number of benzene rings is 1. The normalized spacial score (nSPS) is 13.2. The van der Waals surface area contributed by atoms with Crippen LogP contribution in [0.25, 0.3) is 0 Å². The summed E-state index contributed by atoms with van der Waals surface area (Å²) in [6, 6.07) is 6.23. The largest absolute Gasteiger partial charge is 0.388 e. The molecular formula is C13H21NO. The fraction of sp³-hybridized carbons (Fsp3) is 0.538. The molecule has 0 bridgehead atoms. The number of nitrogens with zero attached hydrogens (tertiary/aromatic N) is 1. The smallest absolute Gasteiger partial charge is 0.0804 e. The summed E-state index contributed by atoms with van der Waals surface area (Å²) in [6.45, 7) is 5.02. The van der Waals surface area contributed by atoms with E-state index in [9.17, 15) is 5.11 Å². The van der Waals surface area contributed by atoms with Crippen molar-refractivity contribution in [2.24, 2.45) is 0 Å². The van der Waals surface area contributed by atoms with Gasteiger partial charge in [0.25, 0.3) is 0 Å². The van der Waals surface area contributed by atoms with Crippen LogP contribution in [0.5, 0.6) is 0 Å². The molecule has 84 valence electrons. The van der Waals surface area contributed by atoms with Gasteiger partial charge in [-0.2, -0.15) is 0 Å². The molecule has 0 aliphatic rings. The van der Waals surface area contributed by atoms with Crippen LogP contribution in [0.1, 0.15) is 29.2 Å². The van der Waals surface area contributed by atoms with Gasteiger partial charge in [-0.3, -0.25) is 0 Å². The van der Waals surface area contributed by atoms with Crippen LogP contribution in [0.3, 0.4) is 0 Å². The van der Waals surface area contributed by atoms with E-state index in [0.717, 1.165) is 18.5 Å². The highest BCUT2D eigenvalue weighted by atomic mass is 16.3. The molecule has 0 aromatic heterocycles. The van der Waals surface area contributed by atoms with Gasteiger partial charge in [-0.15, -0.1) is 0 Å². The highest BCUT2D eigenvalue weighted by Gasteiger charge is 2.10. The summed E-state index contributed by atoms with van der Waals surface area (Å²) in [4.78, 5) is 2.09. The molecule has 1 atom stereocenters. The lowest BCUT2D eigenvalue weighted by Gasteiger charge is -2.17. The third-order valence-corrected chi connectivity index (χ3v) is 2.64. The molecule has 0 aliphatic heterocycles. The monoisotopic (exact) mass is 207 g/mol. The quantitative estimate of drug-likeness (QED) is 0.819. The maximum absolute atomic E-state index is 10.0. The van der Waals surface area contributed by atoms with Crippen LogP contribution in [0.15, 0.2) is 18.2 Å². The van der Waals surface area contributed by atoms with Gasteiger partial charge in [-0.25, -0.2) is 0 Å². The van der Waals surface area contributed by atoms with Crippen LogP contribution in [0.4, 0.5) is 0 Å². The SMILES string of the molecule is Cc1ccc(C)c(C(O)CCN(C)C)c1. The van der Waals surface area contributed by atoms with Crippen LogP contribution < -0.4 is 0 Å². The van der Waals surface area contributed by atoms with Crippen molar-refractivity contribution >= 4 is 0 Å². The van der Waals surface area contributed by atoms with Gasteiger partial charge >= 0.3 is 0 Å². The predicted octanol–water partition coefficient (Wildman–Crippen LogP) is 2.29. The van der Waals surface area contributed by atoms with Crippen molar-refractivity contribution in [2.75, 3.05) is 20.6 Å². The Hall–Kier alpha value is -0.860. The first-order valence-electron chi connectivity index (χ1n) is 5.40. The Morgan fingerprint density at radius 2 is 1.93 bits per heavy atom. The number of hydrogen-bond donors (Lipinski definition) is 1. The van der Waals surface area contributed by atoms with E-state index in [2.05, 4.69) is 30.0 Å². The molecule has 2 nitrogen and oxygen atoms in total. The molecule has 0 fully saturated rings. The Morgan fingerprint density at radius 1 is 1.27 bits per heavy atom. The van der Waals surface area contributed by atoms with E-state index in [-0.39, 0.29) is 6.10 Å². The molecule has 1 N–H and O–H groups in total. The second kappa shape index (κ2) is 5.29. The summed E-state index contributed by atoms with van der Waals surface area (Å²) in [6.07, 6.45) is 0.449. The molecule has 1 unspecified atom stereocenters. The van der Waals surface area contributed by atoms with E-state index >= 15 is 0 Å². The molecule has 1 aromatic rings. The summed E-state index contributed by atoms with van der Waals surface area (Å²) in [5.74, 6) is 0. The number of rotatable bonds is 4. The second-order valence-corrected chi connectivity index (χ2v) is 4.47. The summed E-state index contributed by atoms with van der Waals surface area (Å²) in [7, 11) is 4.05. The Morgan fingerprint density at radius 3 is 2.53 bits per heavy atom. The lowest BCUT2D eigenvalue weighted by molar-refractivity contribution is 0.153. The number of hydrogen-bond acceptors (Lipinski definition) is 2. The summed E-state index contributed by atoms with van der Waals surface area (Å²) in [5.41, 5.74) is 3.45. The van der Waals surface area contributed by atoms with Gasteiger partial charge in [0, 0.05) is 6.54 Å². The van der Waals surface area contributed by atoms with Crippen molar-refractivity contribution in [3.63, 3.8) is 0 Å². The highest BCUT2D eigenvalue weighted by Crippen LogP contribution is 2.21. The average Bonchev–Trinajstić information content (AvgIpc) is 2.18. The summed E-state index contributed by atoms with van der Waals surface area (Å²) >= 11 is 0. The number of aryl methyl sites for hydroxylation is 2. The van der Waals surface area contributed by atoms with Gasteiger partial charge in [0.2, 0.25) is 0 Å². The van der Waals surface area contributed by atoms with Gasteiger partial charge < -0.3 is 10.0 Å². The molecule has 0 amide bonds. The molecule has 0 radical (unpaired) electrons. The van der Waals surface area contributed by atoms with Crippen molar-refractivity contribution in [3.8, 4) is 0 Å². The predicted molar refractivity (Wildman–Crippen MR) is 64.0 cm³/mol. The fourth-order valence-corrected chi connectivity index (χ4v) is 1.65. The topological polar surface area (TPSA) is 23.5 Å². The Balaban J connectivity index is 2.72. The molecule has 1 rings (SSSR count). The van der Waals surface area contributed by atoms with E-state index in [1.54, 1.807) is 0 Å². The number of aliphatic hydroxyl groups is 1. The zero-order valence-electron chi connectivity index (χ0n) is 10.1.